The SMILES string of the molecule is CCOC(=O)C(C)n1nc(-c2cccc(Br)c2)ccc1=O. The van der Waals surface area contributed by atoms with E-state index in [2.05, 4.69) is 21.0 Å². The second-order valence-electron chi connectivity index (χ2n) is 4.44. The van der Waals surface area contributed by atoms with Crippen molar-refractivity contribution in [1.29, 1.82) is 0 Å². The van der Waals surface area contributed by atoms with Crippen LogP contribution in [0, 0.1) is 0 Å². The van der Waals surface area contributed by atoms with Gasteiger partial charge in [-0.25, -0.2) is 9.48 Å². The minimum atomic E-state index is -0.760. The maximum Gasteiger partial charge on any atom is 0.330 e. The van der Waals surface area contributed by atoms with E-state index >= 15 is 0 Å². The Hall–Kier alpha value is -1.95. The largest absolute Gasteiger partial charge is 0.464 e. The van der Waals surface area contributed by atoms with Crippen LogP contribution >= 0.6 is 15.9 Å². The van der Waals surface area contributed by atoms with E-state index in [0.717, 1.165) is 14.7 Å². The zero-order chi connectivity index (χ0) is 15.4. The monoisotopic (exact) mass is 350 g/mol. The molecule has 6 heteroatoms. The van der Waals surface area contributed by atoms with E-state index in [1.165, 1.54) is 6.07 Å². The van der Waals surface area contributed by atoms with E-state index in [1.54, 1.807) is 19.9 Å². The molecule has 1 unspecified atom stereocenters. The molecule has 1 atom stereocenters. The highest BCUT2D eigenvalue weighted by Crippen LogP contribution is 2.20. The number of nitrogens with zero attached hydrogens (tertiary/aromatic N) is 2. The van der Waals surface area contributed by atoms with Crippen LogP contribution in [0.5, 0.6) is 0 Å². The third-order valence-corrected chi connectivity index (χ3v) is 3.43. The van der Waals surface area contributed by atoms with Gasteiger partial charge in [0.25, 0.3) is 5.56 Å². The van der Waals surface area contributed by atoms with E-state index in [9.17, 15) is 9.59 Å². The summed E-state index contributed by atoms with van der Waals surface area (Å²) in [6.07, 6.45) is 0. The Morgan fingerprint density at radius 2 is 2.14 bits per heavy atom. The molecule has 0 aliphatic rings. The van der Waals surface area contributed by atoms with Gasteiger partial charge in [-0.1, -0.05) is 28.1 Å². The zero-order valence-corrected chi connectivity index (χ0v) is 13.3. The highest BCUT2D eigenvalue weighted by atomic mass is 79.9. The van der Waals surface area contributed by atoms with E-state index in [-0.39, 0.29) is 12.2 Å². The van der Waals surface area contributed by atoms with Crippen molar-refractivity contribution in [1.82, 2.24) is 9.78 Å². The number of carbonyl (C=O) groups excluding carboxylic acids is 1. The Morgan fingerprint density at radius 1 is 1.38 bits per heavy atom. The molecule has 1 heterocycles. The molecule has 5 nitrogen and oxygen atoms in total. The Kier molecular flexibility index (Phi) is 4.90. The Labute approximate surface area is 130 Å². The first-order valence-corrected chi connectivity index (χ1v) is 7.34. The second-order valence-corrected chi connectivity index (χ2v) is 5.36. The maximum atomic E-state index is 11.9. The van der Waals surface area contributed by atoms with E-state index < -0.39 is 12.0 Å². The lowest BCUT2D eigenvalue weighted by molar-refractivity contribution is -0.147. The molecule has 0 amide bonds. The van der Waals surface area contributed by atoms with Gasteiger partial charge in [-0.3, -0.25) is 4.79 Å². The number of ether oxygens (including phenoxy) is 1. The summed E-state index contributed by atoms with van der Waals surface area (Å²) in [5.74, 6) is -0.474. The average molecular weight is 351 g/mol. The van der Waals surface area contributed by atoms with Crippen molar-refractivity contribution >= 4 is 21.9 Å². The Balaban J connectivity index is 2.42. The predicted octanol–water partition coefficient (Wildman–Crippen LogP) is 2.80. The van der Waals surface area contributed by atoms with Crippen molar-refractivity contribution in [2.24, 2.45) is 0 Å². The minimum absolute atomic E-state index is 0.267. The van der Waals surface area contributed by atoms with Gasteiger partial charge in [0, 0.05) is 16.1 Å². The minimum Gasteiger partial charge on any atom is -0.464 e. The molecule has 0 spiro atoms. The Bertz CT molecular complexity index is 712. The number of benzene rings is 1. The molecular weight excluding hydrogens is 336 g/mol. The molecule has 2 aromatic rings. The number of hydrogen-bond donors (Lipinski definition) is 0. The molecule has 0 N–H and O–H groups in total. The number of rotatable bonds is 4. The van der Waals surface area contributed by atoms with Crippen molar-refractivity contribution in [3.8, 4) is 11.3 Å². The van der Waals surface area contributed by atoms with Crippen LogP contribution in [0.15, 0.2) is 45.7 Å². The van der Waals surface area contributed by atoms with Crippen LogP contribution in [0.3, 0.4) is 0 Å². The molecule has 0 aliphatic heterocycles. The van der Waals surface area contributed by atoms with Crippen LogP contribution in [0.4, 0.5) is 0 Å². The molecule has 110 valence electrons. The van der Waals surface area contributed by atoms with Crippen molar-refractivity contribution in [2.45, 2.75) is 19.9 Å². The van der Waals surface area contributed by atoms with Gasteiger partial charge in [-0.2, -0.15) is 5.10 Å². The van der Waals surface area contributed by atoms with Crippen LogP contribution in [0.1, 0.15) is 19.9 Å². The maximum absolute atomic E-state index is 11.9. The van der Waals surface area contributed by atoms with Gasteiger partial charge >= 0.3 is 5.97 Å². The number of carbonyl (C=O) groups is 1. The second kappa shape index (κ2) is 6.67. The third kappa shape index (κ3) is 3.58. The molecule has 0 saturated carbocycles. The van der Waals surface area contributed by atoms with E-state index in [4.69, 9.17) is 4.74 Å². The smallest absolute Gasteiger partial charge is 0.330 e. The fraction of sp³-hybridized carbons (Fsp3) is 0.267. The van der Waals surface area contributed by atoms with Gasteiger partial charge in [-0.15, -0.1) is 0 Å². The van der Waals surface area contributed by atoms with Crippen molar-refractivity contribution < 1.29 is 9.53 Å². The van der Waals surface area contributed by atoms with Crippen LogP contribution in [-0.2, 0) is 9.53 Å². The van der Waals surface area contributed by atoms with Crippen molar-refractivity contribution in [3.05, 3.63) is 51.2 Å². The molecule has 0 saturated heterocycles. The van der Waals surface area contributed by atoms with Crippen LogP contribution < -0.4 is 5.56 Å². The highest BCUT2D eigenvalue weighted by molar-refractivity contribution is 9.10. The van der Waals surface area contributed by atoms with Crippen molar-refractivity contribution in [2.75, 3.05) is 6.61 Å². The molecule has 21 heavy (non-hydrogen) atoms. The van der Waals surface area contributed by atoms with Gasteiger partial charge in [0.2, 0.25) is 0 Å². The summed E-state index contributed by atoms with van der Waals surface area (Å²) in [6, 6.07) is 9.84. The molecular formula is C15H15BrN2O3. The molecule has 0 aliphatic carbocycles. The number of aromatic nitrogens is 2. The highest BCUT2D eigenvalue weighted by Gasteiger charge is 2.19. The van der Waals surface area contributed by atoms with Crippen LogP contribution in [-0.4, -0.2) is 22.4 Å². The first kappa shape index (κ1) is 15.4. The van der Waals surface area contributed by atoms with Gasteiger partial charge in [0.1, 0.15) is 0 Å². The summed E-state index contributed by atoms with van der Waals surface area (Å²) in [5.41, 5.74) is 1.13. The lowest BCUT2D eigenvalue weighted by Gasteiger charge is -2.13. The lowest BCUT2D eigenvalue weighted by Crippen LogP contribution is -2.31. The van der Waals surface area contributed by atoms with E-state index in [1.807, 2.05) is 24.3 Å². The quantitative estimate of drug-likeness (QED) is 0.795. The summed E-state index contributed by atoms with van der Waals surface area (Å²) in [5, 5.41) is 4.27. The van der Waals surface area contributed by atoms with Gasteiger partial charge in [0.05, 0.1) is 12.3 Å². The third-order valence-electron chi connectivity index (χ3n) is 2.94. The van der Waals surface area contributed by atoms with Gasteiger partial charge in [0.15, 0.2) is 6.04 Å². The molecule has 1 aromatic carbocycles. The summed E-state index contributed by atoms with van der Waals surface area (Å²) in [6.45, 7) is 3.58. The molecule has 0 radical (unpaired) electrons. The predicted molar refractivity (Wildman–Crippen MR) is 83.0 cm³/mol. The molecule has 1 aromatic heterocycles. The Morgan fingerprint density at radius 3 is 2.81 bits per heavy atom. The zero-order valence-electron chi connectivity index (χ0n) is 11.7. The van der Waals surface area contributed by atoms with E-state index in [0.29, 0.717) is 5.69 Å². The van der Waals surface area contributed by atoms with Gasteiger partial charge < -0.3 is 4.74 Å². The number of hydrogen-bond acceptors (Lipinski definition) is 4. The molecule has 0 fully saturated rings. The molecule has 0 bridgehead atoms. The fourth-order valence-corrected chi connectivity index (χ4v) is 2.27. The topological polar surface area (TPSA) is 61.2 Å². The van der Waals surface area contributed by atoms with Crippen LogP contribution in [0.2, 0.25) is 0 Å². The summed E-state index contributed by atoms with van der Waals surface area (Å²) in [4.78, 5) is 23.7. The van der Waals surface area contributed by atoms with Crippen LogP contribution in [0.25, 0.3) is 11.3 Å². The van der Waals surface area contributed by atoms with Crippen molar-refractivity contribution in [3.63, 3.8) is 0 Å². The lowest BCUT2D eigenvalue weighted by atomic mass is 10.1. The number of halogens is 1. The summed E-state index contributed by atoms with van der Waals surface area (Å²) >= 11 is 3.39. The first-order chi connectivity index (χ1) is 10.0. The summed E-state index contributed by atoms with van der Waals surface area (Å²) < 4.78 is 6.99. The standard InChI is InChI=1S/C15H15BrN2O3/c1-3-21-15(20)10(2)18-14(19)8-7-13(17-18)11-5-4-6-12(16)9-11/h4-10H,3H2,1-2H3. The normalized spacial score (nSPS) is 12.0. The number of esters is 1. The molecule has 2 rings (SSSR count). The van der Waals surface area contributed by atoms with Gasteiger partial charge in [-0.05, 0) is 32.0 Å². The summed E-state index contributed by atoms with van der Waals surface area (Å²) in [7, 11) is 0. The fourth-order valence-electron chi connectivity index (χ4n) is 1.87. The first-order valence-electron chi connectivity index (χ1n) is 6.55. The average Bonchev–Trinajstić information content (AvgIpc) is 2.47.